The molecule has 0 aromatic rings. The Morgan fingerprint density at radius 2 is 2.00 bits per heavy atom. The molecule has 2 unspecified atom stereocenters. The molecule has 98 valence electrons. The number of rotatable bonds is 3. The minimum Gasteiger partial charge on any atom is -0.379 e. The van der Waals surface area contributed by atoms with Crippen LogP contribution in [0.2, 0.25) is 0 Å². The van der Waals surface area contributed by atoms with Crippen molar-refractivity contribution in [2.24, 2.45) is 5.73 Å². The van der Waals surface area contributed by atoms with Crippen LogP contribution in [0.1, 0.15) is 26.2 Å². The molecule has 4 nitrogen and oxygen atoms in total. The van der Waals surface area contributed by atoms with Crippen LogP contribution in [0.5, 0.6) is 0 Å². The van der Waals surface area contributed by atoms with Crippen molar-refractivity contribution >= 4 is 0 Å². The third-order valence-electron chi connectivity index (χ3n) is 4.80. The van der Waals surface area contributed by atoms with E-state index in [1.165, 1.54) is 25.8 Å². The molecule has 0 amide bonds. The fourth-order valence-corrected chi connectivity index (χ4v) is 3.67. The molecular weight excluding hydrogens is 214 g/mol. The average Bonchev–Trinajstić information content (AvgIpc) is 3.15. The van der Waals surface area contributed by atoms with E-state index < -0.39 is 0 Å². The fraction of sp³-hybridized carbons (Fsp3) is 1.00. The van der Waals surface area contributed by atoms with Crippen LogP contribution in [-0.2, 0) is 4.74 Å². The molecule has 2 aliphatic heterocycles. The second-order valence-corrected chi connectivity index (χ2v) is 5.98. The Morgan fingerprint density at radius 1 is 1.29 bits per heavy atom. The van der Waals surface area contributed by atoms with Crippen LogP contribution in [0.4, 0.5) is 0 Å². The number of nitrogens with two attached hydrogens (primary N) is 1. The molecule has 4 heteroatoms. The van der Waals surface area contributed by atoms with E-state index in [4.69, 9.17) is 10.5 Å². The Hall–Kier alpha value is -0.160. The molecule has 2 atom stereocenters. The molecule has 1 saturated carbocycles. The first-order valence-electron chi connectivity index (χ1n) is 7.04. The van der Waals surface area contributed by atoms with E-state index in [1.807, 2.05) is 0 Å². The van der Waals surface area contributed by atoms with Crippen LogP contribution in [-0.4, -0.2) is 66.8 Å². The van der Waals surface area contributed by atoms with E-state index >= 15 is 0 Å². The molecule has 3 fully saturated rings. The molecule has 2 heterocycles. The molecule has 0 radical (unpaired) electrons. The summed E-state index contributed by atoms with van der Waals surface area (Å²) in [5.74, 6) is 0. The van der Waals surface area contributed by atoms with Crippen molar-refractivity contribution in [3.8, 4) is 0 Å². The van der Waals surface area contributed by atoms with Gasteiger partial charge in [-0.3, -0.25) is 9.80 Å². The quantitative estimate of drug-likeness (QED) is 0.768. The molecule has 3 aliphatic rings. The molecule has 2 saturated heterocycles. The topological polar surface area (TPSA) is 41.7 Å². The van der Waals surface area contributed by atoms with Gasteiger partial charge in [0, 0.05) is 43.8 Å². The molecule has 2 N–H and O–H groups in total. The average molecular weight is 239 g/mol. The molecule has 1 aliphatic carbocycles. The van der Waals surface area contributed by atoms with Gasteiger partial charge < -0.3 is 10.5 Å². The lowest BCUT2D eigenvalue weighted by Crippen LogP contribution is -2.59. The van der Waals surface area contributed by atoms with Gasteiger partial charge in [-0.05, 0) is 26.2 Å². The summed E-state index contributed by atoms with van der Waals surface area (Å²) < 4.78 is 5.47. The summed E-state index contributed by atoms with van der Waals surface area (Å²) in [4.78, 5) is 5.29. The molecule has 0 aromatic carbocycles. The van der Waals surface area contributed by atoms with E-state index in [2.05, 4.69) is 16.7 Å². The number of likely N-dealkylation sites (tertiary alicyclic amines) is 1. The van der Waals surface area contributed by atoms with Gasteiger partial charge in [0.2, 0.25) is 0 Å². The summed E-state index contributed by atoms with van der Waals surface area (Å²) in [5.41, 5.74) is 6.36. The number of nitrogens with zero attached hydrogens (tertiary/aromatic N) is 2. The van der Waals surface area contributed by atoms with Gasteiger partial charge in [-0.1, -0.05) is 0 Å². The molecule has 3 rings (SSSR count). The van der Waals surface area contributed by atoms with Crippen LogP contribution < -0.4 is 5.73 Å². The molecule has 0 bridgehead atoms. The zero-order valence-electron chi connectivity index (χ0n) is 10.9. The van der Waals surface area contributed by atoms with Crippen LogP contribution in [0.25, 0.3) is 0 Å². The second-order valence-electron chi connectivity index (χ2n) is 5.98. The van der Waals surface area contributed by atoms with Crippen molar-refractivity contribution < 1.29 is 4.74 Å². The molecule has 17 heavy (non-hydrogen) atoms. The van der Waals surface area contributed by atoms with E-state index in [-0.39, 0.29) is 5.54 Å². The van der Waals surface area contributed by atoms with Crippen LogP contribution in [0.15, 0.2) is 0 Å². The lowest BCUT2D eigenvalue weighted by molar-refractivity contribution is -0.0165. The van der Waals surface area contributed by atoms with E-state index in [1.54, 1.807) is 0 Å². The van der Waals surface area contributed by atoms with E-state index in [0.717, 1.165) is 38.9 Å². The minimum absolute atomic E-state index is 0.228. The van der Waals surface area contributed by atoms with Crippen molar-refractivity contribution in [1.82, 2.24) is 9.80 Å². The highest BCUT2D eigenvalue weighted by Gasteiger charge is 2.49. The number of hydrogen-bond acceptors (Lipinski definition) is 4. The number of morpholine rings is 1. The maximum Gasteiger partial charge on any atom is 0.0594 e. The highest BCUT2D eigenvalue weighted by Crippen LogP contribution is 2.39. The van der Waals surface area contributed by atoms with E-state index in [9.17, 15) is 0 Å². The maximum absolute atomic E-state index is 6.14. The van der Waals surface area contributed by atoms with Gasteiger partial charge in [0.25, 0.3) is 0 Å². The number of ether oxygens (including phenoxy) is 1. The predicted molar refractivity (Wildman–Crippen MR) is 68.0 cm³/mol. The summed E-state index contributed by atoms with van der Waals surface area (Å²) >= 11 is 0. The van der Waals surface area contributed by atoms with Crippen molar-refractivity contribution in [2.75, 3.05) is 39.4 Å². The summed E-state index contributed by atoms with van der Waals surface area (Å²) in [6, 6.07) is 1.56. The predicted octanol–water partition coefficient (Wildman–Crippen LogP) is 0.273. The first-order valence-corrected chi connectivity index (χ1v) is 7.04. The second kappa shape index (κ2) is 4.50. The van der Waals surface area contributed by atoms with Gasteiger partial charge in [-0.15, -0.1) is 0 Å². The van der Waals surface area contributed by atoms with Crippen LogP contribution >= 0.6 is 0 Å². The van der Waals surface area contributed by atoms with E-state index in [0.29, 0.717) is 6.04 Å². The molecular formula is C13H25N3O. The third kappa shape index (κ3) is 2.12. The van der Waals surface area contributed by atoms with Crippen molar-refractivity contribution in [3.05, 3.63) is 0 Å². The minimum atomic E-state index is 0.228. The Balaban J connectivity index is 1.73. The van der Waals surface area contributed by atoms with Crippen molar-refractivity contribution in [2.45, 2.75) is 43.8 Å². The smallest absolute Gasteiger partial charge is 0.0594 e. The first kappa shape index (κ1) is 11.9. The SMILES string of the molecule is CC1CC(CN)(N2CCOCC2)CN1C1CC1. The van der Waals surface area contributed by atoms with Crippen LogP contribution in [0.3, 0.4) is 0 Å². The van der Waals surface area contributed by atoms with Gasteiger partial charge in [-0.2, -0.15) is 0 Å². The van der Waals surface area contributed by atoms with Gasteiger partial charge in [-0.25, -0.2) is 0 Å². The monoisotopic (exact) mass is 239 g/mol. The van der Waals surface area contributed by atoms with Gasteiger partial charge in [0.05, 0.1) is 13.2 Å². The number of hydrogen-bond donors (Lipinski definition) is 1. The molecule has 0 aromatic heterocycles. The highest BCUT2D eigenvalue weighted by molar-refractivity contribution is 5.07. The largest absolute Gasteiger partial charge is 0.379 e. The lowest BCUT2D eigenvalue weighted by Gasteiger charge is -2.42. The van der Waals surface area contributed by atoms with Gasteiger partial charge >= 0.3 is 0 Å². The zero-order chi connectivity index (χ0) is 11.9. The van der Waals surface area contributed by atoms with Crippen molar-refractivity contribution in [1.29, 1.82) is 0 Å². The molecule has 0 spiro atoms. The van der Waals surface area contributed by atoms with Crippen LogP contribution in [0, 0.1) is 0 Å². The highest BCUT2D eigenvalue weighted by atomic mass is 16.5. The third-order valence-corrected chi connectivity index (χ3v) is 4.80. The summed E-state index contributed by atoms with van der Waals surface area (Å²) in [6.45, 7) is 8.20. The first-order chi connectivity index (χ1) is 8.25. The summed E-state index contributed by atoms with van der Waals surface area (Å²) in [7, 11) is 0. The van der Waals surface area contributed by atoms with Crippen molar-refractivity contribution in [3.63, 3.8) is 0 Å². The summed E-state index contributed by atoms with van der Waals surface area (Å²) in [6.07, 6.45) is 4.03. The normalized spacial score (nSPS) is 40.9. The fourth-order valence-electron chi connectivity index (χ4n) is 3.67. The Morgan fingerprint density at radius 3 is 2.59 bits per heavy atom. The van der Waals surface area contributed by atoms with Gasteiger partial charge in [0.1, 0.15) is 0 Å². The zero-order valence-corrected chi connectivity index (χ0v) is 10.9. The van der Waals surface area contributed by atoms with Gasteiger partial charge in [0.15, 0.2) is 0 Å². The Bertz CT molecular complexity index is 276. The Labute approximate surface area is 104 Å². The standard InChI is InChI=1S/C13H25N3O/c1-11-8-13(9-14,10-16(11)12-2-3-12)15-4-6-17-7-5-15/h11-12H,2-10,14H2,1H3. The lowest BCUT2D eigenvalue weighted by atomic mass is 9.93. The summed E-state index contributed by atoms with van der Waals surface area (Å²) in [5, 5.41) is 0. The maximum atomic E-state index is 6.14. The Kier molecular flexibility index (Phi) is 3.15.